The second kappa shape index (κ2) is 51.0. The van der Waals surface area contributed by atoms with Crippen LogP contribution in [0, 0.1) is 0 Å². The zero-order valence-electron chi connectivity index (χ0n) is 30.3. The third-order valence-corrected chi connectivity index (χ3v) is 8.07. The van der Waals surface area contributed by atoms with Crippen LogP contribution < -0.4 is 10.2 Å². The minimum absolute atomic E-state index is 0. The van der Waals surface area contributed by atoms with Crippen molar-refractivity contribution in [2.75, 3.05) is 13.2 Å². The number of carboxylic acids is 2. The zero-order valence-corrected chi connectivity index (χ0v) is 32.5. The summed E-state index contributed by atoms with van der Waals surface area (Å²) in [5.41, 5.74) is 0. The number of carbonyl (C=O) groups is 2. The zero-order chi connectivity index (χ0) is 33.2. The van der Waals surface area contributed by atoms with E-state index >= 15 is 0 Å². The van der Waals surface area contributed by atoms with Crippen LogP contribution in [0.3, 0.4) is 0 Å². The Kier molecular flexibility index (Phi) is 58.8. The van der Waals surface area contributed by atoms with Gasteiger partial charge in [0.15, 0.2) is 0 Å². The molecule has 0 bridgehead atoms. The standard InChI is InChI=1S/2C18H36O2.C2H6O2.Ca/c2*1-2-3-4-5-6-7-8-9-10-11-12-13-14-15-16-17-18(19)20;3-1-2-4;/h2*2-17H2,1H3,(H,19,20);3-4H,1-2H2;/q;;;+2/p-2. The molecular formula is C38H76CaO6. The second-order valence-corrected chi connectivity index (χ2v) is 12.6. The van der Waals surface area contributed by atoms with Crippen molar-refractivity contribution in [1.82, 2.24) is 0 Å². The second-order valence-electron chi connectivity index (χ2n) is 12.6. The number of aliphatic carboxylic acids is 2. The smallest absolute Gasteiger partial charge is 0.550 e. The Labute approximate surface area is 310 Å². The maximum absolute atomic E-state index is 10.2. The van der Waals surface area contributed by atoms with Gasteiger partial charge >= 0.3 is 37.7 Å². The van der Waals surface area contributed by atoms with Crippen LogP contribution in [0.1, 0.15) is 219 Å². The molecule has 0 fully saturated rings. The van der Waals surface area contributed by atoms with E-state index in [9.17, 15) is 19.8 Å². The topological polar surface area (TPSA) is 121 Å². The van der Waals surface area contributed by atoms with Gasteiger partial charge in [0, 0.05) is 11.9 Å². The fourth-order valence-corrected chi connectivity index (χ4v) is 5.28. The Hall–Kier alpha value is 0.120. The van der Waals surface area contributed by atoms with Crippen LogP contribution in [0.5, 0.6) is 0 Å². The van der Waals surface area contributed by atoms with E-state index in [0.29, 0.717) is 0 Å². The van der Waals surface area contributed by atoms with Crippen molar-refractivity contribution in [3.05, 3.63) is 0 Å². The van der Waals surface area contributed by atoms with Crippen LogP contribution in [0.25, 0.3) is 0 Å². The molecule has 6 nitrogen and oxygen atoms in total. The first kappa shape index (κ1) is 51.9. The molecule has 266 valence electrons. The predicted octanol–water partition coefficient (Wildman–Crippen LogP) is 8.59. The number of hydrogen-bond donors (Lipinski definition) is 2. The number of aliphatic hydroxyl groups is 2. The third kappa shape index (κ3) is 63.5. The van der Waals surface area contributed by atoms with Gasteiger partial charge in [-0.05, 0) is 25.7 Å². The molecule has 0 aromatic rings. The number of carbonyl (C=O) groups excluding carboxylic acids is 2. The van der Waals surface area contributed by atoms with E-state index in [2.05, 4.69) is 13.8 Å². The van der Waals surface area contributed by atoms with E-state index in [1.54, 1.807) is 0 Å². The average molecular weight is 669 g/mol. The average Bonchev–Trinajstić information content (AvgIpc) is 3.01. The molecule has 0 atom stereocenters. The molecule has 0 aliphatic heterocycles. The summed E-state index contributed by atoms with van der Waals surface area (Å²) in [5.74, 6) is -1.81. The van der Waals surface area contributed by atoms with Gasteiger partial charge in [-0.2, -0.15) is 0 Å². The first-order valence-corrected chi connectivity index (χ1v) is 19.1. The molecule has 7 heteroatoms. The molecule has 2 N–H and O–H groups in total. The SMILES string of the molecule is CCCCCCCCCCCCCCCCCC(=O)[O-].CCCCCCCCCCCCCCCCCC(=O)[O-].OCCO.[Ca+2]. The van der Waals surface area contributed by atoms with Crippen molar-refractivity contribution in [2.24, 2.45) is 0 Å². The van der Waals surface area contributed by atoms with Crippen LogP contribution in [0.2, 0.25) is 0 Å². The number of hydrogen-bond acceptors (Lipinski definition) is 6. The molecular weight excluding hydrogens is 592 g/mol. The van der Waals surface area contributed by atoms with Crippen LogP contribution in [-0.4, -0.2) is 73.1 Å². The Balaban J connectivity index is -0.000000327. The molecule has 0 aromatic carbocycles. The maximum Gasteiger partial charge on any atom is 2.00 e. The van der Waals surface area contributed by atoms with Gasteiger partial charge in [0.1, 0.15) is 0 Å². The number of carboxylic acid groups (broad SMARTS) is 2. The number of rotatable bonds is 33. The van der Waals surface area contributed by atoms with E-state index in [4.69, 9.17) is 10.2 Å². The number of unbranched alkanes of at least 4 members (excludes halogenated alkanes) is 28. The molecule has 0 radical (unpaired) electrons. The van der Waals surface area contributed by atoms with Crippen LogP contribution in [0.15, 0.2) is 0 Å². The summed E-state index contributed by atoms with van der Waals surface area (Å²) in [5, 5.41) is 35.7. The largest absolute Gasteiger partial charge is 2.00 e. The Bertz CT molecular complexity index is 486. The van der Waals surface area contributed by atoms with Gasteiger partial charge < -0.3 is 30.0 Å². The summed E-state index contributed by atoms with van der Waals surface area (Å²) in [6.45, 7) is 4.28. The van der Waals surface area contributed by atoms with E-state index in [-0.39, 0.29) is 63.8 Å². The summed E-state index contributed by atoms with van der Waals surface area (Å²) in [4.78, 5) is 20.4. The van der Waals surface area contributed by atoms with Gasteiger partial charge in [0.2, 0.25) is 0 Å². The Morgan fingerprint density at radius 3 is 0.644 bits per heavy atom. The van der Waals surface area contributed by atoms with E-state index in [1.807, 2.05) is 0 Å². The van der Waals surface area contributed by atoms with E-state index in [1.165, 1.54) is 167 Å². The fraction of sp³-hybridized carbons (Fsp3) is 0.947. The van der Waals surface area contributed by atoms with Crippen molar-refractivity contribution in [3.63, 3.8) is 0 Å². The normalized spacial score (nSPS) is 10.3. The third-order valence-electron chi connectivity index (χ3n) is 8.07. The van der Waals surface area contributed by atoms with Gasteiger partial charge in [0.05, 0.1) is 13.2 Å². The van der Waals surface area contributed by atoms with E-state index < -0.39 is 11.9 Å². The van der Waals surface area contributed by atoms with Gasteiger partial charge in [-0.3, -0.25) is 0 Å². The molecule has 0 spiro atoms. The molecule has 0 aromatic heterocycles. The number of aliphatic hydroxyl groups excluding tert-OH is 2. The monoisotopic (exact) mass is 669 g/mol. The van der Waals surface area contributed by atoms with Gasteiger partial charge in [-0.25, -0.2) is 0 Å². The van der Waals surface area contributed by atoms with Crippen LogP contribution in [0.4, 0.5) is 0 Å². The summed E-state index contributed by atoms with van der Waals surface area (Å²) >= 11 is 0. The molecule has 0 rings (SSSR count). The summed E-state index contributed by atoms with van der Waals surface area (Å²) in [7, 11) is 0. The van der Waals surface area contributed by atoms with Crippen LogP contribution in [-0.2, 0) is 9.59 Å². The quantitative estimate of drug-likeness (QED) is 0.0534. The van der Waals surface area contributed by atoms with Gasteiger partial charge in [-0.1, -0.05) is 194 Å². The minimum Gasteiger partial charge on any atom is -0.550 e. The first-order chi connectivity index (χ1) is 21.5. The predicted molar refractivity (Wildman–Crippen MR) is 189 cm³/mol. The Morgan fingerprint density at radius 1 is 0.356 bits per heavy atom. The first-order valence-electron chi connectivity index (χ1n) is 19.1. The molecule has 0 aliphatic rings. The van der Waals surface area contributed by atoms with Crippen molar-refractivity contribution < 1.29 is 30.0 Å². The molecule has 0 saturated heterocycles. The molecule has 0 saturated carbocycles. The van der Waals surface area contributed by atoms with E-state index in [0.717, 1.165) is 25.7 Å². The van der Waals surface area contributed by atoms with Gasteiger partial charge in [-0.15, -0.1) is 0 Å². The maximum atomic E-state index is 10.2. The van der Waals surface area contributed by atoms with Crippen LogP contribution >= 0.6 is 0 Å². The Morgan fingerprint density at radius 2 is 0.511 bits per heavy atom. The fourth-order valence-electron chi connectivity index (χ4n) is 5.28. The molecule has 0 unspecified atom stereocenters. The molecule has 45 heavy (non-hydrogen) atoms. The van der Waals surface area contributed by atoms with Crippen molar-refractivity contribution >= 4 is 49.7 Å². The molecule has 0 amide bonds. The van der Waals surface area contributed by atoms with Crippen molar-refractivity contribution in [2.45, 2.75) is 219 Å². The van der Waals surface area contributed by atoms with Crippen molar-refractivity contribution in [1.29, 1.82) is 0 Å². The minimum atomic E-state index is -0.903. The summed E-state index contributed by atoms with van der Waals surface area (Å²) < 4.78 is 0. The van der Waals surface area contributed by atoms with Crippen molar-refractivity contribution in [3.8, 4) is 0 Å². The molecule has 0 aliphatic carbocycles. The van der Waals surface area contributed by atoms with Gasteiger partial charge in [0.25, 0.3) is 0 Å². The molecule has 0 heterocycles. The summed E-state index contributed by atoms with van der Waals surface area (Å²) in [6, 6.07) is 0. The summed E-state index contributed by atoms with van der Waals surface area (Å²) in [6.07, 6.45) is 39.7.